The number of hydrogen-bond donors (Lipinski definition) is 2. The Kier molecular flexibility index (Phi) is 2.53. The van der Waals surface area contributed by atoms with Crippen molar-refractivity contribution in [3.05, 3.63) is 59.2 Å². The number of hydrogen-bond acceptors (Lipinski definition) is 3. The average Bonchev–Trinajstić information content (AvgIpc) is 2.79. The van der Waals surface area contributed by atoms with Crippen molar-refractivity contribution in [2.75, 3.05) is 10.2 Å². The molecular weight excluding hydrogens is 282 g/mol. The van der Waals surface area contributed by atoms with Crippen molar-refractivity contribution < 1.29 is 14.4 Å². The van der Waals surface area contributed by atoms with Crippen molar-refractivity contribution in [1.29, 1.82) is 0 Å². The maximum atomic E-state index is 12.4. The first-order chi connectivity index (χ1) is 10.6. The molecule has 22 heavy (non-hydrogen) atoms. The fourth-order valence-corrected chi connectivity index (χ4v) is 2.74. The predicted octanol–water partition coefficient (Wildman–Crippen LogP) is 2.12. The van der Waals surface area contributed by atoms with Crippen molar-refractivity contribution in [3.63, 3.8) is 0 Å². The molecule has 0 saturated carbocycles. The minimum absolute atomic E-state index is 0.299. The Morgan fingerprint density at radius 2 is 1.59 bits per heavy atom. The number of carbonyl (C=O) groups is 3. The van der Waals surface area contributed by atoms with Crippen LogP contribution >= 0.6 is 0 Å². The highest BCUT2D eigenvalue weighted by Gasteiger charge is 2.36. The van der Waals surface area contributed by atoms with Crippen LogP contribution in [-0.2, 0) is 6.54 Å². The highest BCUT2D eigenvalue weighted by molar-refractivity contribution is 6.34. The van der Waals surface area contributed by atoms with Crippen LogP contribution < -0.4 is 15.5 Å². The van der Waals surface area contributed by atoms with Gasteiger partial charge in [-0.25, -0.2) is 9.69 Å². The van der Waals surface area contributed by atoms with Crippen molar-refractivity contribution >= 4 is 29.2 Å². The second-order valence-corrected chi connectivity index (χ2v) is 5.14. The van der Waals surface area contributed by atoms with Gasteiger partial charge in [-0.05, 0) is 29.8 Å². The number of rotatable bonds is 1. The normalized spacial score (nSPS) is 16.0. The summed E-state index contributed by atoms with van der Waals surface area (Å²) in [7, 11) is 0. The van der Waals surface area contributed by atoms with Crippen LogP contribution in [0, 0.1) is 0 Å². The molecule has 6 heteroatoms. The van der Waals surface area contributed by atoms with Crippen LogP contribution in [0.3, 0.4) is 0 Å². The summed E-state index contributed by atoms with van der Waals surface area (Å²) in [6, 6.07) is 11.6. The minimum Gasteiger partial charge on any atom is -0.334 e. The van der Waals surface area contributed by atoms with Gasteiger partial charge in [0.05, 0.1) is 16.8 Å². The zero-order valence-electron chi connectivity index (χ0n) is 11.4. The Bertz CT molecular complexity index is 809. The third-order valence-electron chi connectivity index (χ3n) is 3.83. The predicted molar refractivity (Wildman–Crippen MR) is 79.9 cm³/mol. The molecule has 2 aromatic carbocycles. The third kappa shape index (κ3) is 1.70. The lowest BCUT2D eigenvalue weighted by molar-refractivity contribution is 0.0926. The van der Waals surface area contributed by atoms with E-state index in [1.54, 1.807) is 42.5 Å². The first-order valence-corrected chi connectivity index (χ1v) is 6.81. The summed E-state index contributed by atoms with van der Waals surface area (Å²) in [6.07, 6.45) is 0. The lowest BCUT2D eigenvalue weighted by atomic mass is 10.1. The Balaban J connectivity index is 1.78. The van der Waals surface area contributed by atoms with Crippen LogP contribution in [0.2, 0.25) is 0 Å². The van der Waals surface area contributed by atoms with E-state index in [1.165, 1.54) is 0 Å². The van der Waals surface area contributed by atoms with Crippen molar-refractivity contribution in [2.45, 2.75) is 6.54 Å². The van der Waals surface area contributed by atoms with Gasteiger partial charge in [0.1, 0.15) is 0 Å². The molecule has 108 valence electrons. The van der Waals surface area contributed by atoms with E-state index in [9.17, 15) is 14.4 Å². The summed E-state index contributed by atoms with van der Waals surface area (Å²) in [5.41, 5.74) is 2.76. The number of fused-ring (bicyclic) bond motifs is 2. The van der Waals surface area contributed by atoms with Crippen LogP contribution in [0.25, 0.3) is 0 Å². The lowest BCUT2D eigenvalue weighted by Gasteiger charge is -2.21. The van der Waals surface area contributed by atoms with E-state index in [1.807, 2.05) is 0 Å². The van der Waals surface area contributed by atoms with E-state index in [-0.39, 0.29) is 17.8 Å². The smallest absolute Gasteiger partial charge is 0.319 e. The number of urea groups is 1. The minimum atomic E-state index is -0.346. The topological polar surface area (TPSA) is 78.5 Å². The molecule has 4 amide bonds. The lowest BCUT2D eigenvalue weighted by Crippen LogP contribution is -2.34. The number of anilines is 2. The number of amides is 4. The van der Waals surface area contributed by atoms with Crippen LogP contribution in [0.1, 0.15) is 26.3 Å². The summed E-state index contributed by atoms with van der Waals surface area (Å²) in [5, 5.41) is 5.34. The molecule has 2 heterocycles. The number of nitrogens with zero attached hydrogens (tertiary/aromatic N) is 1. The first-order valence-electron chi connectivity index (χ1n) is 6.81. The fraction of sp³-hybridized carbons (Fsp3) is 0.0625. The SMILES string of the molecule is O=C1NCc2ccc(N3C(=O)c4ccccc4C3=O)cc2N1. The largest absolute Gasteiger partial charge is 0.334 e. The molecule has 0 bridgehead atoms. The Hall–Kier alpha value is -3.15. The summed E-state index contributed by atoms with van der Waals surface area (Å²) >= 11 is 0. The monoisotopic (exact) mass is 293 g/mol. The zero-order chi connectivity index (χ0) is 15.3. The van der Waals surface area contributed by atoms with E-state index in [4.69, 9.17) is 0 Å². The number of carbonyl (C=O) groups excluding carboxylic acids is 3. The van der Waals surface area contributed by atoms with Gasteiger partial charge < -0.3 is 10.6 Å². The van der Waals surface area contributed by atoms with Gasteiger partial charge in [0.25, 0.3) is 11.8 Å². The summed E-state index contributed by atoms with van der Waals surface area (Å²) in [4.78, 5) is 37.4. The van der Waals surface area contributed by atoms with Gasteiger partial charge in [-0.3, -0.25) is 9.59 Å². The van der Waals surface area contributed by atoms with Gasteiger partial charge >= 0.3 is 6.03 Å². The molecule has 0 radical (unpaired) electrons. The number of benzene rings is 2. The number of nitrogens with one attached hydrogen (secondary N) is 2. The van der Waals surface area contributed by atoms with Gasteiger partial charge in [0.2, 0.25) is 0 Å². The first kappa shape index (κ1) is 12.6. The van der Waals surface area contributed by atoms with Gasteiger partial charge in [0, 0.05) is 12.2 Å². The Morgan fingerprint density at radius 3 is 2.27 bits per heavy atom. The Labute approximate surface area is 125 Å². The second kappa shape index (κ2) is 4.42. The molecule has 2 aromatic rings. The highest BCUT2D eigenvalue weighted by atomic mass is 16.2. The van der Waals surface area contributed by atoms with E-state index in [0.29, 0.717) is 29.0 Å². The maximum absolute atomic E-state index is 12.4. The zero-order valence-corrected chi connectivity index (χ0v) is 11.4. The van der Waals surface area contributed by atoms with Gasteiger partial charge in [0.15, 0.2) is 0 Å². The summed E-state index contributed by atoms with van der Waals surface area (Å²) in [6.45, 7) is 0.420. The average molecular weight is 293 g/mol. The van der Waals surface area contributed by atoms with Crippen molar-refractivity contribution in [1.82, 2.24) is 5.32 Å². The molecular formula is C16H11N3O3. The number of imide groups is 1. The summed E-state index contributed by atoms with van der Waals surface area (Å²) in [5.74, 6) is -0.693. The van der Waals surface area contributed by atoms with Crippen molar-refractivity contribution in [2.24, 2.45) is 0 Å². The quantitative estimate of drug-likeness (QED) is 0.790. The standard InChI is InChI=1S/C16H11N3O3/c20-14-11-3-1-2-4-12(11)15(21)19(14)10-6-5-9-8-17-16(22)18-13(9)7-10/h1-7H,8H2,(H2,17,18,22). The van der Waals surface area contributed by atoms with Crippen LogP contribution in [0.15, 0.2) is 42.5 Å². The molecule has 2 aliphatic heterocycles. The summed E-state index contributed by atoms with van der Waals surface area (Å²) < 4.78 is 0. The molecule has 6 nitrogen and oxygen atoms in total. The maximum Gasteiger partial charge on any atom is 0.319 e. The van der Waals surface area contributed by atoms with Crippen molar-refractivity contribution in [3.8, 4) is 0 Å². The molecule has 0 fully saturated rings. The van der Waals surface area contributed by atoms with Crippen LogP contribution in [0.4, 0.5) is 16.2 Å². The fourth-order valence-electron chi connectivity index (χ4n) is 2.74. The van der Waals surface area contributed by atoms with Gasteiger partial charge in [-0.15, -0.1) is 0 Å². The third-order valence-corrected chi connectivity index (χ3v) is 3.83. The van der Waals surface area contributed by atoms with E-state index in [2.05, 4.69) is 10.6 Å². The highest BCUT2D eigenvalue weighted by Crippen LogP contribution is 2.31. The van der Waals surface area contributed by atoms with Gasteiger partial charge in [-0.2, -0.15) is 0 Å². The molecule has 0 saturated heterocycles. The van der Waals surface area contributed by atoms with Gasteiger partial charge in [-0.1, -0.05) is 18.2 Å². The van der Waals surface area contributed by atoms with E-state index in [0.717, 1.165) is 10.5 Å². The molecule has 0 spiro atoms. The Morgan fingerprint density at radius 1 is 0.909 bits per heavy atom. The van der Waals surface area contributed by atoms with Crippen LogP contribution in [0.5, 0.6) is 0 Å². The molecule has 4 rings (SSSR count). The molecule has 0 aliphatic carbocycles. The molecule has 0 aromatic heterocycles. The molecule has 0 unspecified atom stereocenters. The van der Waals surface area contributed by atoms with E-state index >= 15 is 0 Å². The molecule has 2 N–H and O–H groups in total. The molecule has 2 aliphatic rings. The molecule has 0 atom stereocenters. The second-order valence-electron chi connectivity index (χ2n) is 5.14. The van der Waals surface area contributed by atoms with Crippen LogP contribution in [-0.4, -0.2) is 17.8 Å². The van der Waals surface area contributed by atoms with E-state index < -0.39 is 0 Å².